The summed E-state index contributed by atoms with van der Waals surface area (Å²) in [6.07, 6.45) is 3.13. The molecule has 0 bridgehead atoms. The molecule has 1 amide bonds. The van der Waals surface area contributed by atoms with E-state index in [9.17, 15) is 9.59 Å². The van der Waals surface area contributed by atoms with Crippen molar-refractivity contribution in [3.63, 3.8) is 0 Å². The largest absolute Gasteiger partial charge is 0.445 e. The minimum atomic E-state index is -0.537. The number of hydrogen-bond acceptors (Lipinski definition) is 6. The van der Waals surface area contributed by atoms with Crippen LogP contribution in [0.4, 0.5) is 10.5 Å². The number of amides is 1. The summed E-state index contributed by atoms with van der Waals surface area (Å²) in [5.74, 6) is 0. The molecular formula is C23H27N3O4. The number of carbonyl (C=O) groups excluding carboxylic acids is 1. The quantitative estimate of drug-likeness (QED) is 0.570. The first kappa shape index (κ1) is 21.4. The third-order valence-corrected chi connectivity index (χ3v) is 5.14. The zero-order chi connectivity index (χ0) is 21.5. The van der Waals surface area contributed by atoms with Crippen LogP contribution in [0.1, 0.15) is 30.5 Å². The van der Waals surface area contributed by atoms with Gasteiger partial charge in [0.2, 0.25) is 0 Å². The fraction of sp³-hybridized carbons (Fsp3) is 0.348. The molecule has 0 unspecified atom stereocenters. The minimum Gasteiger partial charge on any atom is -0.445 e. The van der Waals surface area contributed by atoms with E-state index in [1.165, 1.54) is 0 Å². The second-order valence-corrected chi connectivity index (χ2v) is 6.96. The number of aromatic nitrogens is 1. The Hall–Kier alpha value is -3.35. The molecule has 2 aromatic heterocycles. The van der Waals surface area contributed by atoms with Crippen molar-refractivity contribution in [3.05, 3.63) is 69.8 Å². The van der Waals surface area contributed by atoms with E-state index in [0.29, 0.717) is 17.6 Å². The highest BCUT2D eigenvalue weighted by molar-refractivity contribution is 5.84. The Balaban J connectivity index is 1.65. The van der Waals surface area contributed by atoms with Crippen LogP contribution in [0.2, 0.25) is 0 Å². The lowest BCUT2D eigenvalue weighted by atomic mass is 10.0. The van der Waals surface area contributed by atoms with E-state index in [-0.39, 0.29) is 18.8 Å². The van der Waals surface area contributed by atoms with Gasteiger partial charge in [-0.2, -0.15) is 0 Å². The monoisotopic (exact) mass is 409 g/mol. The number of rotatable bonds is 8. The smallest absolute Gasteiger partial charge is 0.407 e. The number of nitrogens with zero attached hydrogens (tertiary/aromatic N) is 2. The van der Waals surface area contributed by atoms with Crippen molar-refractivity contribution in [2.24, 2.45) is 0 Å². The summed E-state index contributed by atoms with van der Waals surface area (Å²) in [6.45, 7) is 8.27. The lowest BCUT2D eigenvalue weighted by Gasteiger charge is -2.21. The second kappa shape index (κ2) is 9.91. The van der Waals surface area contributed by atoms with Crippen LogP contribution in [0.15, 0.2) is 51.9 Å². The van der Waals surface area contributed by atoms with Crippen LogP contribution in [0, 0.1) is 6.92 Å². The van der Waals surface area contributed by atoms with Crippen molar-refractivity contribution in [1.29, 1.82) is 0 Å². The molecule has 0 fully saturated rings. The number of carbonyl (C=O) groups is 1. The summed E-state index contributed by atoms with van der Waals surface area (Å²) in [5.41, 5.74) is 3.48. The van der Waals surface area contributed by atoms with Crippen molar-refractivity contribution < 1.29 is 13.9 Å². The molecule has 1 N–H and O–H groups in total. The number of ether oxygens (including phenoxy) is 1. The van der Waals surface area contributed by atoms with Crippen molar-refractivity contribution in [3.8, 4) is 0 Å². The average Bonchev–Trinajstić information content (AvgIpc) is 2.76. The van der Waals surface area contributed by atoms with Gasteiger partial charge in [0.15, 0.2) is 0 Å². The van der Waals surface area contributed by atoms with Gasteiger partial charge < -0.3 is 19.4 Å². The molecule has 7 nitrogen and oxygen atoms in total. The Bertz CT molecular complexity index is 1060. The van der Waals surface area contributed by atoms with Crippen LogP contribution in [0.25, 0.3) is 11.0 Å². The fourth-order valence-corrected chi connectivity index (χ4v) is 3.43. The lowest BCUT2D eigenvalue weighted by molar-refractivity contribution is 0.139. The fourth-order valence-electron chi connectivity index (χ4n) is 3.43. The number of aryl methyl sites for hydroxylation is 1. The number of hydrogen-bond donors (Lipinski definition) is 1. The zero-order valence-electron chi connectivity index (χ0n) is 17.6. The van der Waals surface area contributed by atoms with Crippen molar-refractivity contribution in [1.82, 2.24) is 10.3 Å². The zero-order valence-corrected chi connectivity index (χ0v) is 17.6. The normalized spacial score (nSPS) is 10.8. The van der Waals surface area contributed by atoms with E-state index in [4.69, 9.17) is 9.15 Å². The van der Waals surface area contributed by atoms with E-state index in [1.54, 1.807) is 18.5 Å². The van der Waals surface area contributed by atoms with Crippen LogP contribution in [0.3, 0.4) is 0 Å². The number of nitrogens with one attached hydrogen (secondary N) is 1. The summed E-state index contributed by atoms with van der Waals surface area (Å²) in [6, 6.07) is 9.55. The van der Waals surface area contributed by atoms with Crippen molar-refractivity contribution in [2.45, 2.75) is 33.8 Å². The van der Waals surface area contributed by atoms with Gasteiger partial charge >= 0.3 is 11.7 Å². The molecule has 30 heavy (non-hydrogen) atoms. The Labute approximate surface area is 175 Å². The van der Waals surface area contributed by atoms with Gasteiger partial charge in [-0.15, -0.1) is 0 Å². The second-order valence-electron chi connectivity index (χ2n) is 6.96. The predicted octanol–water partition coefficient (Wildman–Crippen LogP) is 3.81. The molecule has 0 saturated heterocycles. The van der Waals surface area contributed by atoms with Crippen LogP contribution in [0.5, 0.6) is 0 Å². The van der Waals surface area contributed by atoms with Crippen LogP contribution in [-0.4, -0.2) is 30.7 Å². The molecule has 7 heteroatoms. The number of benzene rings is 1. The topological polar surface area (TPSA) is 84.7 Å². The highest BCUT2D eigenvalue weighted by atomic mass is 16.5. The number of anilines is 1. The maximum absolute atomic E-state index is 12.5. The third-order valence-electron chi connectivity index (χ3n) is 5.14. The van der Waals surface area contributed by atoms with Gasteiger partial charge in [-0.1, -0.05) is 6.07 Å². The standard InChI is InChI=1S/C23H27N3O4/c1-4-26(5-2)18-8-9-19-16(3)20(22(27)30-21(19)13-18)10-12-25-23(28)29-15-17-7-6-11-24-14-17/h6-9,11,13-14H,4-5,10,12,15H2,1-3H3,(H,25,28). The minimum absolute atomic E-state index is 0.145. The Morgan fingerprint density at radius 3 is 2.73 bits per heavy atom. The molecule has 0 aliphatic carbocycles. The van der Waals surface area contributed by atoms with Gasteiger partial charge in [0.05, 0.1) is 0 Å². The van der Waals surface area contributed by atoms with Gasteiger partial charge in [0, 0.05) is 60.3 Å². The number of pyridine rings is 1. The average molecular weight is 409 g/mol. The Morgan fingerprint density at radius 1 is 1.23 bits per heavy atom. The molecular weight excluding hydrogens is 382 g/mol. The van der Waals surface area contributed by atoms with E-state index in [1.807, 2.05) is 31.2 Å². The summed E-state index contributed by atoms with van der Waals surface area (Å²) >= 11 is 0. The van der Waals surface area contributed by atoms with Gasteiger partial charge in [-0.3, -0.25) is 4.98 Å². The van der Waals surface area contributed by atoms with Crippen LogP contribution < -0.4 is 15.8 Å². The first-order valence-electron chi connectivity index (χ1n) is 10.1. The molecule has 0 spiro atoms. The Morgan fingerprint density at radius 2 is 2.03 bits per heavy atom. The van der Waals surface area contributed by atoms with E-state index >= 15 is 0 Å². The summed E-state index contributed by atoms with van der Waals surface area (Å²) in [7, 11) is 0. The van der Waals surface area contributed by atoms with Crippen LogP contribution >= 0.6 is 0 Å². The number of fused-ring (bicyclic) bond motifs is 1. The maximum atomic E-state index is 12.5. The molecule has 0 aliphatic heterocycles. The molecule has 2 heterocycles. The lowest BCUT2D eigenvalue weighted by Crippen LogP contribution is -2.28. The predicted molar refractivity (Wildman–Crippen MR) is 117 cm³/mol. The molecule has 0 atom stereocenters. The van der Waals surface area contributed by atoms with Gasteiger partial charge in [0.25, 0.3) is 0 Å². The van der Waals surface area contributed by atoms with Gasteiger partial charge in [-0.05, 0) is 51.0 Å². The molecule has 0 radical (unpaired) electrons. The number of alkyl carbamates (subject to hydrolysis) is 1. The summed E-state index contributed by atoms with van der Waals surface area (Å²) in [5, 5.41) is 3.58. The van der Waals surface area contributed by atoms with Crippen molar-refractivity contribution in [2.75, 3.05) is 24.5 Å². The Kier molecular flexibility index (Phi) is 7.06. The van der Waals surface area contributed by atoms with E-state index < -0.39 is 6.09 Å². The first-order chi connectivity index (χ1) is 14.5. The van der Waals surface area contributed by atoms with E-state index in [2.05, 4.69) is 29.0 Å². The summed E-state index contributed by atoms with van der Waals surface area (Å²) in [4.78, 5) is 30.6. The highest BCUT2D eigenvalue weighted by Crippen LogP contribution is 2.25. The molecule has 0 saturated carbocycles. The van der Waals surface area contributed by atoms with Gasteiger partial charge in [-0.25, -0.2) is 9.59 Å². The van der Waals surface area contributed by atoms with E-state index in [0.717, 1.165) is 35.3 Å². The molecule has 158 valence electrons. The summed E-state index contributed by atoms with van der Waals surface area (Å²) < 4.78 is 10.7. The third kappa shape index (κ3) is 4.97. The molecule has 3 rings (SSSR count). The van der Waals surface area contributed by atoms with Gasteiger partial charge in [0.1, 0.15) is 12.2 Å². The SMILES string of the molecule is CCN(CC)c1ccc2c(C)c(CCNC(=O)OCc3cccnc3)c(=O)oc2c1. The highest BCUT2D eigenvalue weighted by Gasteiger charge is 2.13. The molecule has 3 aromatic rings. The van der Waals surface area contributed by atoms with Crippen molar-refractivity contribution >= 4 is 22.7 Å². The molecule has 0 aliphatic rings. The first-order valence-corrected chi connectivity index (χ1v) is 10.1. The van der Waals surface area contributed by atoms with Crippen LogP contribution in [-0.2, 0) is 17.8 Å². The maximum Gasteiger partial charge on any atom is 0.407 e. The molecule has 1 aromatic carbocycles.